The zero-order valence-electron chi connectivity index (χ0n) is 9.34. The third kappa shape index (κ3) is 2.03. The molecule has 0 aromatic rings. The Bertz CT molecular complexity index is 372. The van der Waals surface area contributed by atoms with Crippen molar-refractivity contribution in [1.29, 1.82) is 0 Å². The average Bonchev–Trinajstić information content (AvgIpc) is 2.52. The molecule has 2 fully saturated rings. The van der Waals surface area contributed by atoms with Gasteiger partial charge in [0.2, 0.25) is 5.91 Å². The van der Waals surface area contributed by atoms with Crippen LogP contribution in [0.3, 0.4) is 0 Å². The normalized spacial score (nSPS) is 27.1. The molecule has 2 rings (SSSR count). The Hall–Kier alpha value is -1.83. The topological polar surface area (TPSA) is 102 Å². The quantitative estimate of drug-likeness (QED) is 0.397. The minimum Gasteiger partial charge on any atom is -0.309 e. The number of carbonyl (C=O) groups is 3. The molecule has 0 aromatic carbocycles. The fraction of sp³-hybridized carbons (Fsp3) is 0.667. The molecule has 0 aliphatic carbocycles. The van der Waals surface area contributed by atoms with Crippen LogP contribution in [0.4, 0.5) is 4.79 Å². The molecule has 0 radical (unpaired) electrons. The van der Waals surface area contributed by atoms with Gasteiger partial charge in [-0.05, 0) is 12.8 Å². The molecule has 2 bridgehead atoms. The van der Waals surface area contributed by atoms with Crippen molar-refractivity contribution in [2.24, 2.45) is 0 Å². The minimum absolute atomic E-state index is 0.229. The third-order valence-electron chi connectivity index (χ3n) is 3.01. The SMILES string of the molecule is CC(=O)NNC(=O)[C@@H]1CC[C@@H]2CN1C(=O)N2O. The zero-order chi connectivity index (χ0) is 12.6. The Labute approximate surface area is 97.5 Å². The molecule has 94 valence electrons. The molecule has 2 heterocycles. The first-order valence-corrected chi connectivity index (χ1v) is 5.36. The van der Waals surface area contributed by atoms with Crippen molar-refractivity contribution >= 4 is 17.8 Å². The van der Waals surface area contributed by atoms with Gasteiger partial charge < -0.3 is 4.90 Å². The minimum atomic E-state index is -0.636. The van der Waals surface area contributed by atoms with Crippen molar-refractivity contribution < 1.29 is 19.6 Å². The van der Waals surface area contributed by atoms with E-state index in [9.17, 15) is 19.6 Å². The first-order valence-electron chi connectivity index (χ1n) is 5.36. The number of carbonyl (C=O) groups excluding carboxylic acids is 3. The van der Waals surface area contributed by atoms with Crippen LogP contribution in [0.25, 0.3) is 0 Å². The summed E-state index contributed by atoms with van der Waals surface area (Å²) in [6, 6.07) is -1.43. The van der Waals surface area contributed by atoms with E-state index in [-0.39, 0.29) is 11.9 Å². The molecule has 0 aromatic heterocycles. The number of amides is 4. The van der Waals surface area contributed by atoms with Gasteiger partial charge in [-0.25, -0.2) is 9.86 Å². The van der Waals surface area contributed by atoms with Gasteiger partial charge in [0.15, 0.2) is 0 Å². The van der Waals surface area contributed by atoms with Gasteiger partial charge in [0.1, 0.15) is 6.04 Å². The molecule has 3 N–H and O–H groups in total. The highest BCUT2D eigenvalue weighted by Crippen LogP contribution is 2.28. The summed E-state index contributed by atoms with van der Waals surface area (Å²) in [5.74, 6) is -0.828. The summed E-state index contributed by atoms with van der Waals surface area (Å²) in [7, 11) is 0. The van der Waals surface area contributed by atoms with Crippen LogP contribution in [-0.2, 0) is 9.59 Å². The zero-order valence-corrected chi connectivity index (χ0v) is 9.34. The van der Waals surface area contributed by atoms with E-state index >= 15 is 0 Å². The van der Waals surface area contributed by atoms with Gasteiger partial charge in [0, 0.05) is 13.5 Å². The molecule has 0 spiro atoms. The number of rotatable bonds is 1. The van der Waals surface area contributed by atoms with Crippen LogP contribution in [0.5, 0.6) is 0 Å². The number of piperidine rings is 1. The summed E-state index contributed by atoms with van der Waals surface area (Å²) in [5, 5.41) is 10.1. The molecule has 17 heavy (non-hydrogen) atoms. The molecule has 8 heteroatoms. The second-order valence-electron chi connectivity index (χ2n) is 4.20. The van der Waals surface area contributed by atoms with E-state index in [1.807, 2.05) is 0 Å². The van der Waals surface area contributed by atoms with Gasteiger partial charge in [-0.15, -0.1) is 0 Å². The number of fused-ring (bicyclic) bond motifs is 2. The summed E-state index contributed by atoms with van der Waals surface area (Å²) < 4.78 is 0. The van der Waals surface area contributed by atoms with Crippen molar-refractivity contribution in [3.63, 3.8) is 0 Å². The predicted octanol–water partition coefficient (Wildman–Crippen LogP) is -1.19. The van der Waals surface area contributed by atoms with Crippen LogP contribution in [0, 0.1) is 0 Å². The van der Waals surface area contributed by atoms with E-state index in [1.54, 1.807) is 0 Å². The standard InChI is InChI=1S/C9H14N4O4/c1-5(14)10-11-8(15)7-3-2-6-4-12(7)9(16)13(6)17/h6-7,17H,2-4H2,1H3,(H,10,14)(H,11,15)/t6-,7+/m1/s1. The maximum atomic E-state index is 11.7. The second kappa shape index (κ2) is 4.21. The number of urea groups is 1. The van der Waals surface area contributed by atoms with Crippen molar-refractivity contribution in [1.82, 2.24) is 20.8 Å². The number of hydrogen-bond donors (Lipinski definition) is 3. The molecular formula is C9H14N4O4. The number of hydrogen-bond acceptors (Lipinski definition) is 4. The number of nitrogens with zero attached hydrogens (tertiary/aromatic N) is 2. The lowest BCUT2D eigenvalue weighted by Gasteiger charge is -2.29. The van der Waals surface area contributed by atoms with Gasteiger partial charge >= 0.3 is 6.03 Å². The lowest BCUT2D eigenvalue weighted by Crippen LogP contribution is -2.53. The van der Waals surface area contributed by atoms with E-state index in [4.69, 9.17) is 0 Å². The molecule has 8 nitrogen and oxygen atoms in total. The van der Waals surface area contributed by atoms with Gasteiger partial charge in [0.25, 0.3) is 5.91 Å². The Balaban J connectivity index is 2.00. The molecular weight excluding hydrogens is 228 g/mol. The lowest BCUT2D eigenvalue weighted by atomic mass is 10.0. The van der Waals surface area contributed by atoms with Gasteiger partial charge in [-0.3, -0.25) is 25.6 Å². The summed E-state index contributed by atoms with van der Waals surface area (Å²) in [6.45, 7) is 1.61. The Morgan fingerprint density at radius 2 is 2.06 bits per heavy atom. The fourth-order valence-corrected chi connectivity index (χ4v) is 2.16. The maximum absolute atomic E-state index is 11.7. The van der Waals surface area contributed by atoms with E-state index < -0.39 is 18.0 Å². The Morgan fingerprint density at radius 3 is 2.71 bits per heavy atom. The van der Waals surface area contributed by atoms with Gasteiger partial charge in [-0.1, -0.05) is 0 Å². The van der Waals surface area contributed by atoms with Crippen molar-refractivity contribution in [3.05, 3.63) is 0 Å². The van der Waals surface area contributed by atoms with Crippen LogP contribution in [0.15, 0.2) is 0 Å². The van der Waals surface area contributed by atoms with Gasteiger partial charge in [0.05, 0.1) is 6.04 Å². The lowest BCUT2D eigenvalue weighted by molar-refractivity contribution is -0.131. The van der Waals surface area contributed by atoms with Crippen LogP contribution in [0.2, 0.25) is 0 Å². The van der Waals surface area contributed by atoms with E-state index in [1.165, 1.54) is 11.8 Å². The van der Waals surface area contributed by atoms with Crippen LogP contribution >= 0.6 is 0 Å². The Morgan fingerprint density at radius 1 is 1.35 bits per heavy atom. The van der Waals surface area contributed by atoms with Crippen LogP contribution in [0.1, 0.15) is 19.8 Å². The first kappa shape index (κ1) is 11.6. The highest BCUT2D eigenvalue weighted by molar-refractivity contribution is 5.89. The molecule has 0 saturated carbocycles. The molecule has 0 unspecified atom stereocenters. The first-order chi connectivity index (χ1) is 8.00. The largest absolute Gasteiger partial charge is 0.344 e. The average molecular weight is 242 g/mol. The van der Waals surface area contributed by atoms with Crippen LogP contribution in [-0.4, -0.2) is 51.6 Å². The smallest absolute Gasteiger partial charge is 0.309 e. The van der Waals surface area contributed by atoms with Crippen molar-refractivity contribution in [3.8, 4) is 0 Å². The number of hydroxylamine groups is 2. The summed E-state index contributed by atoms with van der Waals surface area (Å²) >= 11 is 0. The maximum Gasteiger partial charge on any atom is 0.344 e. The van der Waals surface area contributed by atoms with Gasteiger partial charge in [-0.2, -0.15) is 0 Å². The monoisotopic (exact) mass is 242 g/mol. The van der Waals surface area contributed by atoms with Crippen molar-refractivity contribution in [2.45, 2.75) is 31.8 Å². The molecule has 2 saturated heterocycles. The number of hydrazine groups is 1. The molecule has 2 aliphatic rings. The van der Waals surface area contributed by atoms with E-state index in [0.29, 0.717) is 24.4 Å². The van der Waals surface area contributed by atoms with E-state index in [2.05, 4.69) is 10.9 Å². The number of nitrogens with one attached hydrogen (secondary N) is 2. The Kier molecular flexibility index (Phi) is 2.88. The fourth-order valence-electron chi connectivity index (χ4n) is 2.16. The summed E-state index contributed by atoms with van der Waals surface area (Å²) in [4.78, 5) is 35.3. The highest BCUT2D eigenvalue weighted by atomic mass is 16.5. The third-order valence-corrected chi connectivity index (χ3v) is 3.01. The molecule has 2 aliphatic heterocycles. The predicted molar refractivity (Wildman–Crippen MR) is 54.5 cm³/mol. The highest BCUT2D eigenvalue weighted by Gasteiger charge is 2.46. The molecule has 2 atom stereocenters. The summed E-state index contributed by atoms with van der Waals surface area (Å²) in [6.07, 6.45) is 1.04. The van der Waals surface area contributed by atoms with E-state index in [0.717, 1.165) is 0 Å². The summed E-state index contributed by atoms with van der Waals surface area (Å²) in [5.41, 5.74) is 4.41. The molecule has 4 amide bonds. The van der Waals surface area contributed by atoms with Crippen LogP contribution < -0.4 is 10.9 Å². The second-order valence-corrected chi connectivity index (χ2v) is 4.20. The van der Waals surface area contributed by atoms with Crippen molar-refractivity contribution in [2.75, 3.05) is 6.54 Å².